The normalized spacial score (nSPS) is 10.7. The number of nitrogens with one attached hydrogen (secondary N) is 2. The minimum Gasteiger partial charge on any atom is -0.352 e. The zero-order valence-corrected chi connectivity index (χ0v) is 17.0. The molecule has 0 fully saturated rings. The average Bonchev–Trinajstić information content (AvgIpc) is 2.67. The van der Waals surface area contributed by atoms with Crippen LogP contribution in [0, 0.1) is 5.82 Å². The maximum atomic E-state index is 12.9. The first-order chi connectivity index (χ1) is 13.4. The summed E-state index contributed by atoms with van der Waals surface area (Å²) in [6.07, 6.45) is 0.910. The van der Waals surface area contributed by atoms with Gasteiger partial charge >= 0.3 is 0 Å². The Labute approximate surface area is 169 Å². The number of rotatable bonds is 10. The van der Waals surface area contributed by atoms with Gasteiger partial charge in [-0.1, -0.05) is 12.1 Å². The summed E-state index contributed by atoms with van der Waals surface area (Å²) < 4.78 is 12.9. The fourth-order valence-electron chi connectivity index (χ4n) is 2.44. The van der Waals surface area contributed by atoms with Crippen molar-refractivity contribution in [3.8, 4) is 0 Å². The highest BCUT2D eigenvalue weighted by Gasteiger charge is 2.06. The van der Waals surface area contributed by atoms with Gasteiger partial charge in [0.25, 0.3) is 5.91 Å². The van der Waals surface area contributed by atoms with E-state index in [1.165, 1.54) is 36.0 Å². The highest BCUT2D eigenvalue weighted by atomic mass is 32.2. The largest absolute Gasteiger partial charge is 0.352 e. The minimum atomic E-state index is -0.335. The van der Waals surface area contributed by atoms with Gasteiger partial charge in [0, 0.05) is 23.5 Å². The quantitative estimate of drug-likeness (QED) is 0.597. The number of carbonyl (C=O) groups is 2. The van der Waals surface area contributed by atoms with E-state index in [2.05, 4.69) is 15.5 Å². The molecule has 0 spiro atoms. The standard InChI is InChI=1S/C21H26FN3O2S/c1-25(2)13-3-12-23-21(27)17-6-4-16(5-7-17)14-28-15-20(26)24-19-10-8-18(22)9-11-19/h4-11H,3,12-15H2,1-2H3,(H,23,27)(H,24,26). The Kier molecular flexibility index (Phi) is 8.97. The van der Waals surface area contributed by atoms with Crippen molar-refractivity contribution in [1.82, 2.24) is 10.2 Å². The van der Waals surface area contributed by atoms with Gasteiger partial charge in [-0.25, -0.2) is 4.39 Å². The van der Waals surface area contributed by atoms with Crippen LogP contribution in [0.4, 0.5) is 10.1 Å². The summed E-state index contributed by atoms with van der Waals surface area (Å²) in [4.78, 5) is 26.1. The number of amides is 2. The molecule has 0 atom stereocenters. The molecule has 28 heavy (non-hydrogen) atoms. The zero-order chi connectivity index (χ0) is 20.4. The van der Waals surface area contributed by atoms with E-state index in [4.69, 9.17) is 0 Å². The van der Waals surface area contributed by atoms with Crippen LogP contribution in [0.5, 0.6) is 0 Å². The first kappa shape index (κ1) is 21.9. The highest BCUT2D eigenvalue weighted by Crippen LogP contribution is 2.14. The molecule has 0 unspecified atom stereocenters. The van der Waals surface area contributed by atoms with Crippen LogP contribution in [-0.4, -0.2) is 49.7 Å². The van der Waals surface area contributed by atoms with Crippen molar-refractivity contribution < 1.29 is 14.0 Å². The number of nitrogens with zero attached hydrogens (tertiary/aromatic N) is 1. The molecule has 2 aromatic rings. The fraction of sp³-hybridized carbons (Fsp3) is 0.333. The minimum absolute atomic E-state index is 0.0726. The van der Waals surface area contributed by atoms with Crippen LogP contribution in [0.2, 0.25) is 0 Å². The molecule has 150 valence electrons. The highest BCUT2D eigenvalue weighted by molar-refractivity contribution is 7.99. The summed E-state index contributed by atoms with van der Waals surface area (Å²) in [5.74, 6) is 0.424. The van der Waals surface area contributed by atoms with Gasteiger partial charge in [0.1, 0.15) is 5.82 Å². The molecule has 0 saturated carbocycles. The summed E-state index contributed by atoms with van der Waals surface area (Å²) in [7, 11) is 4.01. The van der Waals surface area contributed by atoms with Gasteiger partial charge in [-0.15, -0.1) is 11.8 Å². The van der Waals surface area contributed by atoms with Gasteiger partial charge < -0.3 is 15.5 Å². The summed E-state index contributed by atoms with van der Waals surface area (Å²) >= 11 is 1.48. The van der Waals surface area contributed by atoms with Crippen molar-refractivity contribution in [3.05, 3.63) is 65.5 Å². The summed E-state index contributed by atoms with van der Waals surface area (Å²) in [5.41, 5.74) is 2.25. The molecule has 0 saturated heterocycles. The maximum absolute atomic E-state index is 12.9. The molecule has 2 amide bonds. The number of carbonyl (C=O) groups excluding carboxylic acids is 2. The van der Waals surface area contributed by atoms with E-state index in [9.17, 15) is 14.0 Å². The lowest BCUT2D eigenvalue weighted by Crippen LogP contribution is -2.27. The van der Waals surface area contributed by atoms with Crippen LogP contribution < -0.4 is 10.6 Å². The van der Waals surface area contributed by atoms with E-state index >= 15 is 0 Å². The average molecular weight is 404 g/mol. The van der Waals surface area contributed by atoms with Crippen LogP contribution in [0.15, 0.2) is 48.5 Å². The van der Waals surface area contributed by atoms with Crippen molar-refractivity contribution in [2.75, 3.05) is 38.3 Å². The summed E-state index contributed by atoms with van der Waals surface area (Å²) in [6, 6.07) is 13.1. The Balaban J connectivity index is 1.69. The monoisotopic (exact) mass is 403 g/mol. The lowest BCUT2D eigenvalue weighted by Gasteiger charge is -2.10. The van der Waals surface area contributed by atoms with Crippen molar-refractivity contribution in [2.45, 2.75) is 12.2 Å². The third-order valence-electron chi connectivity index (χ3n) is 3.91. The Morgan fingerprint density at radius 2 is 1.71 bits per heavy atom. The van der Waals surface area contributed by atoms with E-state index < -0.39 is 0 Å². The van der Waals surface area contributed by atoms with Crippen molar-refractivity contribution in [1.29, 1.82) is 0 Å². The molecule has 2 N–H and O–H groups in total. The molecule has 2 rings (SSSR count). The second kappa shape index (κ2) is 11.5. The van der Waals surface area contributed by atoms with Gasteiger partial charge in [-0.2, -0.15) is 0 Å². The van der Waals surface area contributed by atoms with E-state index in [1.54, 1.807) is 12.1 Å². The van der Waals surface area contributed by atoms with Crippen molar-refractivity contribution >= 4 is 29.3 Å². The van der Waals surface area contributed by atoms with Crippen LogP contribution in [0.3, 0.4) is 0 Å². The van der Waals surface area contributed by atoms with Crippen molar-refractivity contribution in [2.24, 2.45) is 0 Å². The Morgan fingerprint density at radius 1 is 1.04 bits per heavy atom. The molecule has 0 heterocycles. The van der Waals surface area contributed by atoms with E-state index in [1.807, 2.05) is 26.2 Å². The van der Waals surface area contributed by atoms with Crippen molar-refractivity contribution in [3.63, 3.8) is 0 Å². The molecule has 0 aliphatic carbocycles. The Hall–Kier alpha value is -2.38. The van der Waals surface area contributed by atoms with E-state index in [-0.39, 0.29) is 17.6 Å². The first-order valence-electron chi connectivity index (χ1n) is 9.09. The second-order valence-corrected chi connectivity index (χ2v) is 7.64. The van der Waals surface area contributed by atoms with Gasteiger partial charge in [-0.05, 0) is 69.0 Å². The third kappa shape index (κ3) is 8.10. The smallest absolute Gasteiger partial charge is 0.251 e. The van der Waals surface area contributed by atoms with Crippen LogP contribution in [-0.2, 0) is 10.5 Å². The fourth-order valence-corrected chi connectivity index (χ4v) is 3.23. The third-order valence-corrected chi connectivity index (χ3v) is 4.92. The Morgan fingerprint density at radius 3 is 2.36 bits per heavy atom. The van der Waals surface area contributed by atoms with Crippen LogP contribution in [0.25, 0.3) is 0 Å². The van der Waals surface area contributed by atoms with Crippen LogP contribution in [0.1, 0.15) is 22.3 Å². The number of thioether (sulfide) groups is 1. The molecule has 7 heteroatoms. The topological polar surface area (TPSA) is 61.4 Å². The summed E-state index contributed by atoms with van der Waals surface area (Å²) in [5, 5.41) is 5.64. The zero-order valence-electron chi connectivity index (χ0n) is 16.2. The number of hydrogen-bond acceptors (Lipinski definition) is 4. The number of halogens is 1. The molecule has 0 aliphatic heterocycles. The second-order valence-electron chi connectivity index (χ2n) is 6.66. The first-order valence-corrected chi connectivity index (χ1v) is 10.2. The van der Waals surface area contributed by atoms with Crippen LogP contribution >= 0.6 is 11.8 Å². The molecule has 0 aliphatic rings. The van der Waals surface area contributed by atoms with Gasteiger partial charge in [0.2, 0.25) is 5.91 Å². The summed E-state index contributed by atoms with van der Waals surface area (Å²) in [6.45, 7) is 1.59. The van der Waals surface area contributed by atoms with Gasteiger partial charge in [0.15, 0.2) is 0 Å². The van der Waals surface area contributed by atoms with Gasteiger partial charge in [0.05, 0.1) is 5.75 Å². The van der Waals surface area contributed by atoms with Gasteiger partial charge in [-0.3, -0.25) is 9.59 Å². The lowest BCUT2D eigenvalue weighted by molar-refractivity contribution is -0.113. The van der Waals surface area contributed by atoms with E-state index in [0.29, 0.717) is 29.3 Å². The number of anilines is 1. The molecular weight excluding hydrogens is 377 g/mol. The molecule has 2 aromatic carbocycles. The van der Waals surface area contributed by atoms with E-state index in [0.717, 1.165) is 18.5 Å². The number of hydrogen-bond donors (Lipinski definition) is 2. The maximum Gasteiger partial charge on any atom is 0.251 e. The lowest BCUT2D eigenvalue weighted by atomic mass is 10.1. The number of benzene rings is 2. The molecule has 0 bridgehead atoms. The molecule has 0 aromatic heterocycles. The molecule has 5 nitrogen and oxygen atoms in total. The predicted octanol–water partition coefficient (Wildman–Crippen LogP) is 3.38. The molecule has 0 radical (unpaired) electrons. The SMILES string of the molecule is CN(C)CCCNC(=O)c1ccc(CSCC(=O)Nc2ccc(F)cc2)cc1. The Bertz CT molecular complexity index is 764. The predicted molar refractivity (Wildman–Crippen MR) is 113 cm³/mol. The molecular formula is C21H26FN3O2S.